The van der Waals surface area contributed by atoms with Crippen molar-refractivity contribution in [3.05, 3.63) is 0 Å². The van der Waals surface area contributed by atoms with Gasteiger partial charge in [-0.05, 0) is 6.92 Å². The second-order valence-corrected chi connectivity index (χ2v) is 2.21. The van der Waals surface area contributed by atoms with Crippen molar-refractivity contribution in [1.29, 1.82) is 0 Å². The minimum absolute atomic E-state index is 0.0577. The lowest BCUT2D eigenvalue weighted by atomic mass is 10.4. The van der Waals surface area contributed by atoms with Crippen molar-refractivity contribution in [2.45, 2.75) is 20.0 Å². The van der Waals surface area contributed by atoms with E-state index in [2.05, 4.69) is 0 Å². The average molecular weight is 130 g/mol. The number of likely N-dealkylation sites (N-methyl/N-ethyl adjacent to an activating group) is 1. The zero-order chi connectivity index (χ0) is 7.44. The number of carbonyl (C=O) groups is 1. The minimum atomic E-state index is -0.682. The van der Waals surface area contributed by atoms with E-state index in [4.69, 9.17) is 0 Å². The molecule has 0 aliphatic carbocycles. The van der Waals surface area contributed by atoms with Crippen LogP contribution in [-0.4, -0.2) is 30.5 Å². The molecule has 1 atom stereocenters. The molecule has 0 saturated heterocycles. The third kappa shape index (κ3) is 3.97. The van der Waals surface area contributed by atoms with Gasteiger partial charge in [-0.3, -0.25) is 4.79 Å². The Labute approximate surface area is 55.3 Å². The zero-order valence-electron chi connectivity index (χ0n) is 6.05. The van der Waals surface area contributed by atoms with E-state index in [9.17, 15) is 9.90 Å². The van der Waals surface area contributed by atoms with Gasteiger partial charge in [0.15, 0.2) is 0 Å². The molecule has 0 aromatic heterocycles. The van der Waals surface area contributed by atoms with Gasteiger partial charge in [0.25, 0.3) is 0 Å². The fraction of sp³-hybridized carbons (Fsp3) is 0.833. The largest absolute Gasteiger partial charge is 0.343 e. The average Bonchev–Trinajstić information content (AvgIpc) is 1.63. The predicted molar refractivity (Wildman–Crippen MR) is 33.5 cm³/mol. The SMILES string of the molecule is CC(=O)N(C)CC(C)[O]. The molecule has 3 nitrogen and oxygen atoms in total. The highest BCUT2D eigenvalue weighted by Crippen LogP contribution is 1.87. The maximum atomic E-state index is 10.5. The fourth-order valence-corrected chi connectivity index (χ4v) is 0.514. The van der Waals surface area contributed by atoms with Crippen LogP contribution in [0.4, 0.5) is 0 Å². The van der Waals surface area contributed by atoms with Crippen molar-refractivity contribution in [3.63, 3.8) is 0 Å². The molecule has 0 aromatic rings. The van der Waals surface area contributed by atoms with E-state index >= 15 is 0 Å². The molecular formula is C6H12NO2. The van der Waals surface area contributed by atoms with Crippen LogP contribution in [0.2, 0.25) is 0 Å². The molecule has 0 spiro atoms. The van der Waals surface area contributed by atoms with Gasteiger partial charge in [0.05, 0.1) is 0 Å². The Morgan fingerprint density at radius 3 is 2.22 bits per heavy atom. The number of hydrogen-bond acceptors (Lipinski definition) is 1. The second-order valence-electron chi connectivity index (χ2n) is 2.21. The van der Waals surface area contributed by atoms with Crippen molar-refractivity contribution in [1.82, 2.24) is 4.90 Å². The van der Waals surface area contributed by atoms with Crippen LogP contribution in [0.5, 0.6) is 0 Å². The molecule has 0 saturated carbocycles. The summed E-state index contributed by atoms with van der Waals surface area (Å²) in [6, 6.07) is 0. The van der Waals surface area contributed by atoms with Crippen LogP contribution in [0.1, 0.15) is 13.8 Å². The van der Waals surface area contributed by atoms with Gasteiger partial charge in [-0.25, -0.2) is 5.11 Å². The molecule has 0 N–H and O–H groups in total. The van der Waals surface area contributed by atoms with Crippen LogP contribution in [0.15, 0.2) is 0 Å². The minimum Gasteiger partial charge on any atom is -0.343 e. The molecule has 0 rings (SSSR count). The molecule has 0 bridgehead atoms. The summed E-state index contributed by atoms with van der Waals surface area (Å²) in [4.78, 5) is 11.9. The highest BCUT2D eigenvalue weighted by molar-refractivity contribution is 5.72. The summed E-state index contributed by atoms with van der Waals surface area (Å²) >= 11 is 0. The Bertz CT molecular complexity index is 101. The maximum Gasteiger partial charge on any atom is 0.219 e. The van der Waals surface area contributed by atoms with Crippen LogP contribution in [0, 0.1) is 0 Å². The maximum absolute atomic E-state index is 10.5. The number of rotatable bonds is 2. The molecule has 1 amide bonds. The standard InChI is InChI=1S/C6H12NO2/c1-5(8)4-7(3)6(2)9/h5H,4H2,1-3H3. The van der Waals surface area contributed by atoms with Crippen LogP contribution in [-0.2, 0) is 9.90 Å². The van der Waals surface area contributed by atoms with Gasteiger partial charge >= 0.3 is 0 Å². The first kappa shape index (κ1) is 8.43. The Hall–Kier alpha value is -0.570. The zero-order valence-corrected chi connectivity index (χ0v) is 6.05. The van der Waals surface area contributed by atoms with E-state index in [1.54, 1.807) is 14.0 Å². The summed E-state index contributed by atoms with van der Waals surface area (Å²) in [5.74, 6) is -0.0577. The Kier molecular flexibility index (Phi) is 3.24. The normalized spacial score (nSPS) is 12.9. The van der Waals surface area contributed by atoms with E-state index in [-0.39, 0.29) is 5.91 Å². The van der Waals surface area contributed by atoms with Crippen molar-refractivity contribution in [2.24, 2.45) is 0 Å². The summed E-state index contributed by atoms with van der Waals surface area (Å²) in [7, 11) is 1.62. The van der Waals surface area contributed by atoms with Gasteiger partial charge in [-0.2, -0.15) is 0 Å². The molecule has 9 heavy (non-hydrogen) atoms. The smallest absolute Gasteiger partial charge is 0.219 e. The lowest BCUT2D eigenvalue weighted by Gasteiger charge is -2.14. The molecule has 0 heterocycles. The molecule has 1 unspecified atom stereocenters. The summed E-state index contributed by atoms with van der Waals surface area (Å²) < 4.78 is 0. The summed E-state index contributed by atoms with van der Waals surface area (Å²) in [5, 5.41) is 10.4. The van der Waals surface area contributed by atoms with E-state index in [1.165, 1.54) is 11.8 Å². The number of nitrogens with zero attached hydrogens (tertiary/aromatic N) is 1. The number of amides is 1. The fourth-order valence-electron chi connectivity index (χ4n) is 0.514. The third-order valence-electron chi connectivity index (χ3n) is 1.07. The van der Waals surface area contributed by atoms with Gasteiger partial charge in [0.1, 0.15) is 6.10 Å². The Morgan fingerprint density at radius 1 is 1.67 bits per heavy atom. The lowest BCUT2D eigenvalue weighted by Crippen LogP contribution is -2.30. The molecular weight excluding hydrogens is 118 g/mol. The highest BCUT2D eigenvalue weighted by Gasteiger charge is 2.05. The summed E-state index contributed by atoms with van der Waals surface area (Å²) in [5.41, 5.74) is 0. The highest BCUT2D eigenvalue weighted by atomic mass is 16.3. The van der Waals surface area contributed by atoms with Gasteiger partial charge in [-0.15, -0.1) is 0 Å². The predicted octanol–water partition coefficient (Wildman–Crippen LogP) is 0.284. The van der Waals surface area contributed by atoms with Gasteiger partial charge in [0, 0.05) is 20.5 Å². The number of hydrogen-bond donors (Lipinski definition) is 0. The van der Waals surface area contributed by atoms with Crippen LogP contribution in [0.3, 0.4) is 0 Å². The monoisotopic (exact) mass is 130 g/mol. The molecule has 0 aromatic carbocycles. The van der Waals surface area contributed by atoms with E-state index in [1.807, 2.05) is 0 Å². The second kappa shape index (κ2) is 3.45. The first-order valence-electron chi connectivity index (χ1n) is 2.91. The quantitative estimate of drug-likeness (QED) is 0.529. The van der Waals surface area contributed by atoms with Crippen molar-refractivity contribution < 1.29 is 9.90 Å². The van der Waals surface area contributed by atoms with E-state index in [0.29, 0.717) is 6.54 Å². The van der Waals surface area contributed by atoms with Crippen molar-refractivity contribution >= 4 is 5.91 Å². The van der Waals surface area contributed by atoms with Crippen molar-refractivity contribution in [2.75, 3.05) is 13.6 Å². The Morgan fingerprint density at radius 2 is 2.11 bits per heavy atom. The summed E-state index contributed by atoms with van der Waals surface area (Å²) in [6.45, 7) is 3.29. The Balaban J connectivity index is 3.50. The molecule has 1 radical (unpaired) electrons. The molecule has 3 heteroatoms. The van der Waals surface area contributed by atoms with Gasteiger partial charge in [0.2, 0.25) is 5.91 Å². The molecule has 53 valence electrons. The lowest BCUT2D eigenvalue weighted by molar-refractivity contribution is -0.129. The first-order valence-corrected chi connectivity index (χ1v) is 2.91. The topological polar surface area (TPSA) is 40.2 Å². The van der Waals surface area contributed by atoms with Gasteiger partial charge < -0.3 is 4.90 Å². The van der Waals surface area contributed by atoms with Crippen LogP contribution in [0.25, 0.3) is 0 Å². The van der Waals surface area contributed by atoms with Crippen molar-refractivity contribution in [3.8, 4) is 0 Å². The summed E-state index contributed by atoms with van der Waals surface area (Å²) in [6.07, 6.45) is -0.682. The molecule has 0 aliphatic rings. The van der Waals surface area contributed by atoms with E-state index < -0.39 is 6.10 Å². The third-order valence-corrected chi connectivity index (χ3v) is 1.07. The van der Waals surface area contributed by atoms with Gasteiger partial charge in [-0.1, -0.05) is 0 Å². The van der Waals surface area contributed by atoms with Crippen LogP contribution < -0.4 is 0 Å². The van der Waals surface area contributed by atoms with E-state index in [0.717, 1.165) is 0 Å². The molecule has 0 fully saturated rings. The van der Waals surface area contributed by atoms with Crippen LogP contribution >= 0.6 is 0 Å². The first-order chi connectivity index (χ1) is 4.04. The molecule has 0 aliphatic heterocycles. The number of carbonyl (C=O) groups excluding carboxylic acids is 1.